The summed E-state index contributed by atoms with van der Waals surface area (Å²) in [5.74, 6) is -2.81. The number of ketones is 2. The fraction of sp³-hybridized carbons (Fsp3) is 0.267. The molecule has 0 amide bonds. The van der Waals surface area contributed by atoms with E-state index in [-0.39, 0.29) is 23.1 Å². The zero-order valence-electron chi connectivity index (χ0n) is 21.6. The summed E-state index contributed by atoms with van der Waals surface area (Å²) in [4.78, 5) is 49.1. The van der Waals surface area contributed by atoms with Crippen LogP contribution in [0.15, 0.2) is 72.8 Å². The molecule has 0 bridgehead atoms. The third-order valence-corrected chi connectivity index (χ3v) is 5.89. The van der Waals surface area contributed by atoms with Crippen LogP contribution in [0.5, 0.6) is 0 Å². The second kappa shape index (κ2) is 11.1. The molecule has 0 aromatic heterocycles. The summed E-state index contributed by atoms with van der Waals surface area (Å²) in [7, 11) is 0. The Morgan fingerprint density at radius 2 is 1.18 bits per heavy atom. The second-order valence-corrected chi connectivity index (χ2v) is 10.1. The van der Waals surface area contributed by atoms with E-state index >= 15 is 0 Å². The van der Waals surface area contributed by atoms with E-state index in [1.807, 2.05) is 0 Å². The molecule has 0 aliphatic rings. The minimum absolute atomic E-state index is 0.0578. The number of aliphatic hydroxyl groups is 2. The maximum absolute atomic E-state index is 13.0. The molecule has 0 heterocycles. The van der Waals surface area contributed by atoms with Crippen molar-refractivity contribution in [2.24, 2.45) is 0 Å². The van der Waals surface area contributed by atoms with Gasteiger partial charge in [0.15, 0.2) is 11.6 Å². The zero-order chi connectivity index (χ0) is 28.3. The van der Waals surface area contributed by atoms with Crippen molar-refractivity contribution < 1.29 is 39.2 Å². The highest BCUT2D eigenvalue weighted by molar-refractivity contribution is 6.02. The molecule has 0 radical (unpaired) electrons. The lowest BCUT2D eigenvalue weighted by Crippen LogP contribution is -2.31. The van der Waals surface area contributed by atoms with Gasteiger partial charge in [0.25, 0.3) is 0 Å². The standard InChI is InChI=1S/C30H30O8/c1-29(2,36)25(31)20-10-8-18(9-11-20)16-24(19-12-14-21(15-13-19)26(32)30(3,4)37)38-28(35)23-7-5-6-22(17-23)27(33)34/h5-15,17,24,36-37H,16H2,1-4H3,(H,33,34). The van der Waals surface area contributed by atoms with Crippen LogP contribution in [0, 0.1) is 0 Å². The van der Waals surface area contributed by atoms with E-state index in [0.29, 0.717) is 11.1 Å². The Balaban J connectivity index is 1.92. The third kappa shape index (κ3) is 7.00. The highest BCUT2D eigenvalue weighted by Crippen LogP contribution is 2.26. The van der Waals surface area contributed by atoms with Gasteiger partial charge in [0, 0.05) is 17.5 Å². The molecule has 0 saturated carbocycles. The molecule has 3 aromatic rings. The van der Waals surface area contributed by atoms with Crippen LogP contribution in [0.4, 0.5) is 0 Å². The van der Waals surface area contributed by atoms with Crippen molar-refractivity contribution in [1.29, 1.82) is 0 Å². The van der Waals surface area contributed by atoms with E-state index in [2.05, 4.69) is 0 Å². The normalized spacial score (nSPS) is 12.5. The first-order valence-electron chi connectivity index (χ1n) is 11.9. The smallest absolute Gasteiger partial charge is 0.338 e. The first-order chi connectivity index (χ1) is 17.7. The lowest BCUT2D eigenvalue weighted by Gasteiger charge is -2.21. The quantitative estimate of drug-likeness (QED) is 0.265. The summed E-state index contributed by atoms with van der Waals surface area (Å²) in [5, 5.41) is 29.3. The second-order valence-electron chi connectivity index (χ2n) is 10.1. The van der Waals surface area contributed by atoms with Crippen molar-refractivity contribution in [2.45, 2.75) is 51.4 Å². The van der Waals surface area contributed by atoms with Gasteiger partial charge in [-0.1, -0.05) is 54.6 Å². The van der Waals surface area contributed by atoms with Gasteiger partial charge in [-0.15, -0.1) is 0 Å². The van der Waals surface area contributed by atoms with Crippen molar-refractivity contribution >= 4 is 23.5 Å². The van der Waals surface area contributed by atoms with Crippen LogP contribution in [-0.4, -0.2) is 50.0 Å². The Labute approximate surface area is 220 Å². The van der Waals surface area contributed by atoms with Gasteiger partial charge < -0.3 is 20.1 Å². The summed E-state index contributed by atoms with van der Waals surface area (Å²) in [6.45, 7) is 5.60. The molecular formula is C30H30O8. The van der Waals surface area contributed by atoms with Crippen molar-refractivity contribution in [2.75, 3.05) is 0 Å². The van der Waals surface area contributed by atoms with E-state index in [9.17, 15) is 34.5 Å². The third-order valence-electron chi connectivity index (χ3n) is 5.89. The predicted octanol–water partition coefficient (Wildman–Crippen LogP) is 4.43. The average molecular weight is 519 g/mol. The Kier molecular flexibility index (Phi) is 8.29. The van der Waals surface area contributed by atoms with Crippen LogP contribution < -0.4 is 0 Å². The highest BCUT2D eigenvalue weighted by Gasteiger charge is 2.27. The topological polar surface area (TPSA) is 138 Å². The summed E-state index contributed by atoms with van der Waals surface area (Å²) >= 11 is 0. The molecule has 0 aliphatic heterocycles. The van der Waals surface area contributed by atoms with Gasteiger partial charge in [-0.2, -0.15) is 0 Å². The van der Waals surface area contributed by atoms with Gasteiger partial charge in [-0.25, -0.2) is 9.59 Å². The number of carbonyl (C=O) groups excluding carboxylic acids is 3. The van der Waals surface area contributed by atoms with E-state index in [0.717, 1.165) is 5.56 Å². The molecular weight excluding hydrogens is 488 g/mol. The molecule has 38 heavy (non-hydrogen) atoms. The lowest BCUT2D eigenvalue weighted by molar-refractivity contribution is 0.0297. The van der Waals surface area contributed by atoms with Crippen LogP contribution in [0.1, 0.15) is 86.4 Å². The van der Waals surface area contributed by atoms with E-state index in [1.54, 1.807) is 36.4 Å². The number of hydrogen-bond acceptors (Lipinski definition) is 7. The molecule has 3 rings (SSSR count). The van der Waals surface area contributed by atoms with Crippen molar-refractivity contribution in [3.05, 3.63) is 106 Å². The first-order valence-corrected chi connectivity index (χ1v) is 11.9. The molecule has 1 atom stereocenters. The molecule has 198 valence electrons. The molecule has 0 spiro atoms. The van der Waals surface area contributed by atoms with Crippen molar-refractivity contribution in [3.8, 4) is 0 Å². The lowest BCUT2D eigenvalue weighted by atomic mass is 9.93. The molecule has 1 unspecified atom stereocenters. The fourth-order valence-electron chi connectivity index (χ4n) is 3.77. The Morgan fingerprint density at radius 3 is 1.66 bits per heavy atom. The number of Topliss-reactive ketones (excluding diaryl/α,β-unsaturated/α-hetero) is 2. The van der Waals surface area contributed by atoms with Gasteiger partial charge >= 0.3 is 11.9 Å². The van der Waals surface area contributed by atoms with Gasteiger partial charge in [0.05, 0.1) is 11.1 Å². The summed E-state index contributed by atoms with van der Waals surface area (Å²) < 4.78 is 5.79. The minimum Gasteiger partial charge on any atom is -0.478 e. The number of esters is 1. The Morgan fingerprint density at radius 1 is 0.711 bits per heavy atom. The molecule has 0 fully saturated rings. The zero-order valence-corrected chi connectivity index (χ0v) is 21.6. The van der Waals surface area contributed by atoms with Crippen LogP contribution in [0.2, 0.25) is 0 Å². The molecule has 8 nitrogen and oxygen atoms in total. The summed E-state index contributed by atoms with van der Waals surface area (Å²) in [5.41, 5.74) is -1.16. The number of carbonyl (C=O) groups is 4. The van der Waals surface area contributed by atoms with Crippen LogP contribution in [0.25, 0.3) is 0 Å². The van der Waals surface area contributed by atoms with Crippen molar-refractivity contribution in [1.82, 2.24) is 0 Å². The van der Waals surface area contributed by atoms with Gasteiger partial charge in [0.2, 0.25) is 0 Å². The Hall–Kier alpha value is -4.14. The van der Waals surface area contributed by atoms with Gasteiger partial charge in [-0.05, 0) is 57.0 Å². The monoisotopic (exact) mass is 518 g/mol. The molecule has 8 heteroatoms. The number of carboxylic acid groups (broad SMARTS) is 1. The van der Waals surface area contributed by atoms with Crippen molar-refractivity contribution in [3.63, 3.8) is 0 Å². The maximum atomic E-state index is 13.0. The van der Waals surface area contributed by atoms with Crippen LogP contribution in [-0.2, 0) is 11.2 Å². The number of ether oxygens (including phenoxy) is 1. The van der Waals surface area contributed by atoms with E-state index in [4.69, 9.17) is 4.74 Å². The largest absolute Gasteiger partial charge is 0.478 e. The SMILES string of the molecule is CC(C)(O)C(=O)c1ccc(CC(OC(=O)c2cccc(C(=O)O)c2)c2ccc(C(=O)C(C)(C)O)cc2)cc1. The minimum atomic E-state index is -1.55. The number of rotatable bonds is 10. The summed E-state index contributed by atoms with van der Waals surface area (Å²) in [6.07, 6.45) is -0.613. The molecule has 3 aromatic carbocycles. The van der Waals surface area contributed by atoms with Crippen LogP contribution in [0.3, 0.4) is 0 Å². The van der Waals surface area contributed by atoms with Gasteiger partial charge in [-0.3, -0.25) is 9.59 Å². The Bertz CT molecular complexity index is 1340. The molecule has 0 saturated heterocycles. The predicted molar refractivity (Wildman–Crippen MR) is 139 cm³/mol. The number of aromatic carboxylic acids is 1. The first kappa shape index (κ1) is 28.4. The number of hydrogen-bond donors (Lipinski definition) is 3. The molecule has 3 N–H and O–H groups in total. The van der Waals surface area contributed by atoms with E-state index in [1.165, 1.54) is 64.1 Å². The summed E-state index contributed by atoms with van der Waals surface area (Å²) in [6, 6.07) is 18.3. The van der Waals surface area contributed by atoms with Crippen LogP contribution >= 0.6 is 0 Å². The maximum Gasteiger partial charge on any atom is 0.338 e. The number of carboxylic acids is 1. The molecule has 0 aliphatic carbocycles. The van der Waals surface area contributed by atoms with Gasteiger partial charge in [0.1, 0.15) is 17.3 Å². The van der Waals surface area contributed by atoms with E-state index < -0.39 is 40.8 Å². The highest BCUT2D eigenvalue weighted by atomic mass is 16.5. The average Bonchev–Trinajstić information content (AvgIpc) is 2.87. The fourth-order valence-corrected chi connectivity index (χ4v) is 3.77. The number of benzene rings is 3.